The van der Waals surface area contributed by atoms with Gasteiger partial charge in [-0.3, -0.25) is 0 Å². The van der Waals surface area contributed by atoms with Gasteiger partial charge in [-0.15, -0.1) is 0 Å². The largest absolute Gasteiger partial charge is 0.462 e. The first kappa shape index (κ1) is 35.0. The minimum atomic E-state index is -0.584. The number of para-hydroxylation sites is 1. The Balaban J connectivity index is 1.43. The molecule has 0 amide bonds. The fourth-order valence-electron chi connectivity index (χ4n) is 4.75. The van der Waals surface area contributed by atoms with Gasteiger partial charge >= 0.3 is 11.9 Å². The number of carbonyl (C=O) groups excluding carboxylic acids is 2. The maximum absolute atomic E-state index is 12.8. The van der Waals surface area contributed by atoms with Crippen molar-refractivity contribution in [2.75, 3.05) is 6.61 Å². The van der Waals surface area contributed by atoms with Crippen LogP contribution in [-0.4, -0.2) is 23.6 Å². The number of thiocarbonyl (C=S) groups is 1. The summed E-state index contributed by atoms with van der Waals surface area (Å²) >= 11 is 5.52. The van der Waals surface area contributed by atoms with Crippen LogP contribution < -0.4 is 9.47 Å². The number of ether oxygens (including phenoxy) is 3. The molecule has 0 radical (unpaired) electrons. The summed E-state index contributed by atoms with van der Waals surface area (Å²) < 4.78 is 16.8. The van der Waals surface area contributed by atoms with Gasteiger partial charge in [0.2, 0.25) is 0 Å². The number of hydrogen-bond donors (Lipinski definition) is 0. The summed E-state index contributed by atoms with van der Waals surface area (Å²) in [6.45, 7) is 6.62. The van der Waals surface area contributed by atoms with Gasteiger partial charge in [-0.25, -0.2) is 9.59 Å². The number of carbonyl (C=O) groups is 2. The smallest absolute Gasteiger partial charge is 0.343 e. The average molecular weight is 617 g/mol. The molecule has 0 aliphatic rings. The summed E-state index contributed by atoms with van der Waals surface area (Å²) in [4.78, 5) is 25.4. The van der Waals surface area contributed by atoms with Crippen molar-refractivity contribution in [2.24, 2.45) is 5.92 Å². The molecule has 0 aliphatic carbocycles. The molecule has 3 rings (SSSR count). The summed E-state index contributed by atoms with van der Waals surface area (Å²) in [7, 11) is 0. The molecule has 0 unspecified atom stereocenters. The lowest BCUT2D eigenvalue weighted by Crippen LogP contribution is -2.15. The lowest BCUT2D eigenvalue weighted by molar-refractivity contribution is 0.0442. The fourth-order valence-corrected chi connectivity index (χ4v) is 4.98. The minimum Gasteiger partial charge on any atom is -0.462 e. The van der Waals surface area contributed by atoms with E-state index in [4.69, 9.17) is 26.4 Å². The number of esters is 2. The summed E-state index contributed by atoms with van der Waals surface area (Å²) in [6, 6.07) is 21.4. The molecule has 0 saturated carbocycles. The summed E-state index contributed by atoms with van der Waals surface area (Å²) in [6.07, 6.45) is 15.3. The van der Waals surface area contributed by atoms with Crippen LogP contribution in [0.3, 0.4) is 0 Å². The molecule has 0 spiro atoms. The van der Waals surface area contributed by atoms with Crippen LogP contribution in [-0.2, 0) is 11.2 Å². The number of benzene rings is 3. The van der Waals surface area contributed by atoms with Crippen molar-refractivity contribution in [1.29, 1.82) is 0 Å². The van der Waals surface area contributed by atoms with Crippen LogP contribution in [0.4, 0.5) is 0 Å². The van der Waals surface area contributed by atoms with Crippen molar-refractivity contribution >= 4 is 29.2 Å². The Labute approximate surface area is 269 Å². The lowest BCUT2D eigenvalue weighted by atomic mass is 10.0. The van der Waals surface area contributed by atoms with E-state index >= 15 is 0 Å². The highest BCUT2D eigenvalue weighted by molar-refractivity contribution is 7.80. The van der Waals surface area contributed by atoms with E-state index in [1.165, 1.54) is 69.8 Å². The van der Waals surface area contributed by atoms with Gasteiger partial charge in [0.05, 0.1) is 12.2 Å². The Bertz CT molecular complexity index is 1300. The zero-order valence-corrected chi connectivity index (χ0v) is 27.5. The van der Waals surface area contributed by atoms with E-state index in [0.717, 1.165) is 18.4 Å². The molecular weight excluding hydrogens is 568 g/mol. The van der Waals surface area contributed by atoms with Crippen molar-refractivity contribution < 1.29 is 23.8 Å². The second-order valence-electron chi connectivity index (χ2n) is 11.5. The van der Waals surface area contributed by atoms with E-state index in [9.17, 15) is 9.59 Å². The number of unbranched alkanes of at least 4 members (excludes halogenated alkanes) is 9. The van der Waals surface area contributed by atoms with E-state index in [1.54, 1.807) is 48.5 Å². The van der Waals surface area contributed by atoms with Crippen molar-refractivity contribution in [3.05, 3.63) is 95.1 Å². The fraction of sp³-hybridized carbons (Fsp3) is 0.447. The second-order valence-corrected chi connectivity index (χ2v) is 11.9. The highest BCUT2D eigenvalue weighted by Gasteiger charge is 2.18. The Morgan fingerprint density at radius 1 is 0.682 bits per heavy atom. The molecule has 0 fully saturated rings. The van der Waals surface area contributed by atoms with Crippen LogP contribution in [0.25, 0.3) is 0 Å². The topological polar surface area (TPSA) is 61.8 Å². The van der Waals surface area contributed by atoms with E-state index in [2.05, 4.69) is 19.1 Å². The van der Waals surface area contributed by atoms with Crippen LogP contribution >= 0.6 is 12.2 Å². The summed E-state index contributed by atoms with van der Waals surface area (Å²) in [5.74, 6) is -0.169. The Morgan fingerprint density at radius 3 is 1.91 bits per heavy atom. The zero-order chi connectivity index (χ0) is 31.6. The Kier molecular flexibility index (Phi) is 15.7. The quantitative estimate of drug-likeness (QED) is 0.0578. The van der Waals surface area contributed by atoms with Gasteiger partial charge in [-0.2, -0.15) is 0 Å². The van der Waals surface area contributed by atoms with Crippen LogP contribution in [0.15, 0.2) is 72.8 Å². The van der Waals surface area contributed by atoms with Crippen LogP contribution in [0.1, 0.15) is 123 Å². The molecule has 0 aromatic heterocycles. The SMILES string of the molecule is CCCCCCCCCCCCc1ccc(C(=S)Oc2ccc(C(=O)Oc3ccccc3C(=O)OC[C@@H](C)CC)cc2)cc1. The predicted molar refractivity (Wildman–Crippen MR) is 182 cm³/mol. The monoisotopic (exact) mass is 616 g/mol. The molecule has 236 valence electrons. The molecular formula is C38H48O5S. The number of rotatable bonds is 19. The van der Waals surface area contributed by atoms with Gasteiger partial charge in [-0.05, 0) is 72.9 Å². The first-order valence-electron chi connectivity index (χ1n) is 16.3. The molecule has 44 heavy (non-hydrogen) atoms. The molecule has 1 atom stereocenters. The number of aryl methyl sites for hydroxylation is 1. The molecule has 3 aromatic rings. The Hall–Kier alpha value is -3.51. The predicted octanol–water partition coefficient (Wildman–Crippen LogP) is 10.3. The van der Waals surface area contributed by atoms with Gasteiger partial charge in [0.25, 0.3) is 0 Å². The first-order chi connectivity index (χ1) is 21.4. The van der Waals surface area contributed by atoms with Crippen molar-refractivity contribution in [2.45, 2.75) is 97.8 Å². The zero-order valence-electron chi connectivity index (χ0n) is 26.6. The number of hydrogen-bond acceptors (Lipinski definition) is 6. The minimum absolute atomic E-state index is 0.157. The summed E-state index contributed by atoms with van der Waals surface area (Å²) in [5.41, 5.74) is 2.68. The lowest BCUT2D eigenvalue weighted by Gasteiger charge is -2.12. The maximum Gasteiger partial charge on any atom is 0.343 e. The van der Waals surface area contributed by atoms with Crippen LogP contribution in [0.5, 0.6) is 11.5 Å². The van der Waals surface area contributed by atoms with Gasteiger partial charge in [0, 0.05) is 5.56 Å². The third-order valence-corrected chi connectivity index (χ3v) is 8.13. The molecule has 0 aliphatic heterocycles. The Morgan fingerprint density at radius 2 is 1.27 bits per heavy atom. The van der Waals surface area contributed by atoms with Gasteiger partial charge in [-0.1, -0.05) is 121 Å². The molecule has 0 bridgehead atoms. The first-order valence-corrected chi connectivity index (χ1v) is 16.7. The molecule has 6 heteroatoms. The van der Waals surface area contributed by atoms with E-state index in [-0.39, 0.29) is 17.2 Å². The molecule has 0 saturated heterocycles. The molecule has 3 aromatic carbocycles. The van der Waals surface area contributed by atoms with Gasteiger partial charge in [0.1, 0.15) is 17.1 Å². The van der Waals surface area contributed by atoms with Gasteiger partial charge < -0.3 is 14.2 Å². The molecule has 5 nitrogen and oxygen atoms in total. The standard InChI is InChI=1S/C38H48O5S/c1-4-6-7-8-9-10-11-12-13-14-17-30-20-22-32(23-21-30)38(44)42-33-26-24-31(25-27-33)36(39)43-35-19-16-15-18-34(35)37(40)41-28-29(3)5-2/h15-16,18-27,29H,4-14,17,28H2,1-3H3/t29-/m0/s1. The van der Waals surface area contributed by atoms with Crippen LogP contribution in [0.2, 0.25) is 0 Å². The average Bonchev–Trinajstić information content (AvgIpc) is 3.05. The van der Waals surface area contributed by atoms with Gasteiger partial charge in [0.15, 0.2) is 5.05 Å². The third kappa shape index (κ3) is 12.2. The summed E-state index contributed by atoms with van der Waals surface area (Å²) in [5, 5.41) is 0.371. The van der Waals surface area contributed by atoms with Crippen molar-refractivity contribution in [1.82, 2.24) is 0 Å². The van der Waals surface area contributed by atoms with Crippen molar-refractivity contribution in [3.8, 4) is 11.5 Å². The second kappa shape index (κ2) is 19.7. The van der Waals surface area contributed by atoms with Crippen LogP contribution in [0, 0.1) is 5.92 Å². The maximum atomic E-state index is 12.8. The van der Waals surface area contributed by atoms with E-state index in [0.29, 0.717) is 23.0 Å². The highest BCUT2D eigenvalue weighted by atomic mass is 32.1. The highest BCUT2D eigenvalue weighted by Crippen LogP contribution is 2.22. The van der Waals surface area contributed by atoms with Crippen molar-refractivity contribution in [3.63, 3.8) is 0 Å². The van der Waals surface area contributed by atoms with E-state index < -0.39 is 11.9 Å². The third-order valence-electron chi connectivity index (χ3n) is 7.81. The normalized spacial score (nSPS) is 11.5. The molecule has 0 N–H and O–H groups in total. The van der Waals surface area contributed by atoms with E-state index in [1.807, 2.05) is 26.0 Å². The molecule has 0 heterocycles.